The van der Waals surface area contributed by atoms with Crippen LogP contribution in [0.5, 0.6) is 0 Å². The van der Waals surface area contributed by atoms with Gasteiger partial charge in [-0.2, -0.15) is 0 Å². The van der Waals surface area contributed by atoms with Gasteiger partial charge in [-0.15, -0.1) is 0 Å². The highest BCUT2D eigenvalue weighted by atomic mass is 33.1. The van der Waals surface area contributed by atoms with Gasteiger partial charge in [-0.3, -0.25) is 10.4 Å². The fraction of sp³-hybridized carbons (Fsp3) is 0.500. The number of nitrogens with zero attached hydrogens (tertiary/aromatic N) is 2. The van der Waals surface area contributed by atoms with Gasteiger partial charge in [0.05, 0.1) is 10.1 Å². The SMILES string of the molecule is CN=C(C)SSC(C)=NC=N. The van der Waals surface area contributed by atoms with Crippen LogP contribution in [0.1, 0.15) is 13.8 Å². The van der Waals surface area contributed by atoms with Gasteiger partial charge in [-0.25, -0.2) is 4.99 Å². The van der Waals surface area contributed by atoms with Crippen molar-refractivity contribution in [3.63, 3.8) is 0 Å². The Morgan fingerprint density at radius 3 is 2.27 bits per heavy atom. The minimum atomic E-state index is 0.869. The van der Waals surface area contributed by atoms with E-state index >= 15 is 0 Å². The Balaban J connectivity index is 3.70. The highest BCUT2D eigenvalue weighted by Gasteiger charge is 1.94. The normalized spacial score (nSPS) is 13.4. The maximum Gasteiger partial charge on any atom is 0.107 e. The maximum atomic E-state index is 6.70. The van der Waals surface area contributed by atoms with Gasteiger partial charge in [0.2, 0.25) is 0 Å². The smallest absolute Gasteiger partial charge is 0.107 e. The van der Waals surface area contributed by atoms with Crippen LogP contribution in [0.25, 0.3) is 0 Å². The molecule has 0 unspecified atom stereocenters. The predicted molar refractivity (Wildman–Crippen MR) is 56.1 cm³/mol. The molecule has 1 N–H and O–H groups in total. The number of hydrogen-bond donors (Lipinski definition) is 1. The highest BCUT2D eigenvalue weighted by Crippen LogP contribution is 2.23. The van der Waals surface area contributed by atoms with Crippen molar-refractivity contribution in [1.82, 2.24) is 0 Å². The predicted octanol–water partition coefficient (Wildman–Crippen LogP) is 2.44. The van der Waals surface area contributed by atoms with Crippen molar-refractivity contribution >= 4 is 38.0 Å². The Morgan fingerprint density at radius 2 is 1.82 bits per heavy atom. The molecule has 62 valence electrons. The molecular weight excluding hydrogens is 178 g/mol. The fourth-order valence-electron chi connectivity index (χ4n) is 0.270. The van der Waals surface area contributed by atoms with Crippen molar-refractivity contribution in [2.24, 2.45) is 9.98 Å². The second kappa shape index (κ2) is 6.42. The molecule has 0 aliphatic carbocycles. The quantitative estimate of drug-likeness (QED) is 0.391. The monoisotopic (exact) mass is 189 g/mol. The first-order valence-electron chi connectivity index (χ1n) is 3.02. The zero-order chi connectivity index (χ0) is 8.69. The van der Waals surface area contributed by atoms with Crippen LogP contribution in [0.15, 0.2) is 9.98 Å². The molecule has 11 heavy (non-hydrogen) atoms. The van der Waals surface area contributed by atoms with Gasteiger partial charge < -0.3 is 0 Å². The van der Waals surface area contributed by atoms with E-state index in [1.807, 2.05) is 13.8 Å². The largest absolute Gasteiger partial charge is 0.289 e. The van der Waals surface area contributed by atoms with Crippen LogP contribution in [0.2, 0.25) is 0 Å². The Kier molecular flexibility index (Phi) is 6.25. The summed E-state index contributed by atoms with van der Waals surface area (Å²) < 4.78 is 0. The average Bonchev–Trinajstić information content (AvgIpc) is 2.01. The zero-order valence-corrected chi connectivity index (χ0v) is 8.42. The number of hydrogen-bond acceptors (Lipinski definition) is 4. The second-order valence-electron chi connectivity index (χ2n) is 1.69. The van der Waals surface area contributed by atoms with Crippen LogP contribution in [0, 0.1) is 5.41 Å². The topological polar surface area (TPSA) is 48.6 Å². The van der Waals surface area contributed by atoms with Crippen molar-refractivity contribution in [1.29, 1.82) is 5.41 Å². The number of aliphatic imine (C=N–C) groups is 2. The number of rotatable bonds is 1. The molecular formula is C6H11N3S2. The van der Waals surface area contributed by atoms with E-state index in [0.29, 0.717) is 0 Å². The molecule has 0 atom stereocenters. The minimum Gasteiger partial charge on any atom is -0.289 e. The Morgan fingerprint density at radius 1 is 1.27 bits per heavy atom. The third kappa shape index (κ3) is 6.12. The summed E-state index contributed by atoms with van der Waals surface area (Å²) in [6, 6.07) is 0. The Hall–Kier alpha value is -0.290. The first-order chi connectivity index (χ1) is 5.20. The van der Waals surface area contributed by atoms with Gasteiger partial charge in [0.15, 0.2) is 0 Å². The molecule has 0 saturated carbocycles. The van der Waals surface area contributed by atoms with Crippen molar-refractivity contribution in [3.05, 3.63) is 0 Å². The van der Waals surface area contributed by atoms with Crippen molar-refractivity contribution < 1.29 is 0 Å². The Bertz CT molecular complexity index is 186. The van der Waals surface area contributed by atoms with E-state index in [2.05, 4.69) is 9.98 Å². The summed E-state index contributed by atoms with van der Waals surface area (Å²) in [5, 5.41) is 8.58. The summed E-state index contributed by atoms with van der Waals surface area (Å²) >= 11 is 0. The van der Waals surface area contributed by atoms with Gasteiger partial charge in [-0.05, 0) is 35.4 Å². The summed E-state index contributed by atoms with van der Waals surface area (Å²) in [5.74, 6) is 0. The van der Waals surface area contributed by atoms with E-state index in [4.69, 9.17) is 5.41 Å². The van der Waals surface area contributed by atoms with Gasteiger partial charge in [0.25, 0.3) is 0 Å². The van der Waals surface area contributed by atoms with Crippen LogP contribution >= 0.6 is 21.6 Å². The molecule has 0 rings (SSSR count). The lowest BCUT2D eigenvalue weighted by molar-refractivity contribution is 1.45. The van der Waals surface area contributed by atoms with Crippen LogP contribution < -0.4 is 0 Å². The second-order valence-corrected chi connectivity index (χ2v) is 4.20. The molecule has 0 aliphatic heterocycles. The fourth-order valence-corrected chi connectivity index (χ4v) is 1.76. The van der Waals surface area contributed by atoms with E-state index in [1.165, 1.54) is 10.8 Å². The molecule has 0 aromatic heterocycles. The molecule has 0 aromatic rings. The van der Waals surface area contributed by atoms with Gasteiger partial charge >= 0.3 is 0 Å². The van der Waals surface area contributed by atoms with Crippen LogP contribution in [-0.2, 0) is 0 Å². The lowest BCUT2D eigenvalue weighted by Crippen LogP contribution is -1.84. The lowest BCUT2D eigenvalue weighted by atomic mass is 10.9. The molecule has 0 spiro atoms. The molecule has 0 heterocycles. The highest BCUT2D eigenvalue weighted by molar-refractivity contribution is 8.87. The summed E-state index contributed by atoms with van der Waals surface area (Å²) in [6.07, 6.45) is 1.04. The summed E-state index contributed by atoms with van der Waals surface area (Å²) in [7, 11) is 4.83. The first kappa shape index (κ1) is 10.7. The van der Waals surface area contributed by atoms with Crippen molar-refractivity contribution in [2.75, 3.05) is 7.05 Å². The van der Waals surface area contributed by atoms with E-state index in [0.717, 1.165) is 16.4 Å². The van der Waals surface area contributed by atoms with Gasteiger partial charge in [0.1, 0.15) is 6.34 Å². The van der Waals surface area contributed by atoms with Crippen LogP contribution in [-0.4, -0.2) is 23.5 Å². The summed E-state index contributed by atoms with van der Waals surface area (Å²) in [6.45, 7) is 3.81. The molecule has 0 bridgehead atoms. The number of nitrogens with one attached hydrogen (secondary N) is 1. The van der Waals surface area contributed by atoms with E-state index in [-0.39, 0.29) is 0 Å². The maximum absolute atomic E-state index is 6.70. The van der Waals surface area contributed by atoms with E-state index in [9.17, 15) is 0 Å². The van der Waals surface area contributed by atoms with Gasteiger partial charge in [0, 0.05) is 7.05 Å². The molecule has 5 heteroatoms. The van der Waals surface area contributed by atoms with E-state index < -0.39 is 0 Å². The molecule has 3 nitrogen and oxygen atoms in total. The summed E-state index contributed by atoms with van der Waals surface area (Å²) in [5.41, 5.74) is 0. The Labute approximate surface area is 74.7 Å². The van der Waals surface area contributed by atoms with Crippen LogP contribution in [0.3, 0.4) is 0 Å². The third-order valence-electron chi connectivity index (χ3n) is 0.844. The third-order valence-corrected chi connectivity index (χ3v) is 3.40. The van der Waals surface area contributed by atoms with E-state index in [1.54, 1.807) is 17.8 Å². The molecule has 0 amide bonds. The minimum absolute atomic E-state index is 0.869. The summed E-state index contributed by atoms with van der Waals surface area (Å²) in [4.78, 5) is 7.74. The first-order valence-corrected chi connectivity index (χ1v) is 5.17. The molecule has 0 radical (unpaired) electrons. The molecule has 0 aliphatic rings. The standard InChI is InChI=1S/C6H11N3S2/c1-5(8-3)10-11-6(2)9-4-7/h4,7H,1-3H3. The lowest BCUT2D eigenvalue weighted by Gasteiger charge is -1.95. The van der Waals surface area contributed by atoms with Gasteiger partial charge in [-0.1, -0.05) is 0 Å². The van der Waals surface area contributed by atoms with Crippen molar-refractivity contribution in [3.8, 4) is 0 Å². The zero-order valence-electron chi connectivity index (χ0n) is 6.79. The van der Waals surface area contributed by atoms with Crippen LogP contribution in [0.4, 0.5) is 0 Å². The van der Waals surface area contributed by atoms with Crippen molar-refractivity contribution in [2.45, 2.75) is 13.8 Å². The molecule has 0 fully saturated rings. The average molecular weight is 189 g/mol. The molecule has 0 aromatic carbocycles. The molecule has 0 saturated heterocycles.